The van der Waals surface area contributed by atoms with Gasteiger partial charge in [-0.3, -0.25) is 4.79 Å². The van der Waals surface area contributed by atoms with Gasteiger partial charge in [0.05, 0.1) is 39.1 Å². The highest BCUT2D eigenvalue weighted by Crippen LogP contribution is 2.36. The summed E-state index contributed by atoms with van der Waals surface area (Å²) in [6.45, 7) is 3.54. The summed E-state index contributed by atoms with van der Waals surface area (Å²) >= 11 is 6.22. The summed E-state index contributed by atoms with van der Waals surface area (Å²) in [5, 5.41) is 4.26. The Morgan fingerprint density at radius 3 is 2.59 bits per heavy atom. The first-order valence-electron chi connectivity index (χ1n) is 8.46. The number of carbonyl (C=O) groups is 2. The van der Waals surface area contributed by atoms with Gasteiger partial charge in [0, 0.05) is 25.9 Å². The van der Waals surface area contributed by atoms with Crippen molar-refractivity contribution < 1.29 is 9.59 Å². The van der Waals surface area contributed by atoms with E-state index in [0.29, 0.717) is 32.9 Å². The van der Waals surface area contributed by atoms with Crippen molar-refractivity contribution in [2.75, 3.05) is 24.3 Å². The Bertz CT molecular complexity index is 1020. The van der Waals surface area contributed by atoms with E-state index in [9.17, 15) is 9.59 Å². The molecular formula is C20H21ClN4O2. The van der Waals surface area contributed by atoms with Crippen molar-refractivity contribution in [3.8, 4) is 0 Å². The van der Waals surface area contributed by atoms with Crippen molar-refractivity contribution in [3.63, 3.8) is 0 Å². The largest absolute Gasteiger partial charge is 0.375 e. The number of carbonyl (C=O) groups excluding carboxylic acids is 2. The first kappa shape index (κ1) is 18.9. The number of nitrogens with one attached hydrogen (secondary N) is 2. The lowest BCUT2D eigenvalue weighted by atomic mass is 10.0. The van der Waals surface area contributed by atoms with Crippen molar-refractivity contribution >= 4 is 46.1 Å². The van der Waals surface area contributed by atoms with Gasteiger partial charge in [0.1, 0.15) is 11.9 Å². The molecule has 140 valence electrons. The number of anilines is 2. The van der Waals surface area contributed by atoms with Crippen LogP contribution in [0.2, 0.25) is 5.02 Å². The Kier molecular flexibility index (Phi) is 4.93. The summed E-state index contributed by atoms with van der Waals surface area (Å²) in [7, 11) is 3.76. The van der Waals surface area contributed by atoms with Gasteiger partial charge in [0.2, 0.25) is 0 Å². The van der Waals surface area contributed by atoms with Gasteiger partial charge in [-0.05, 0) is 26.0 Å². The monoisotopic (exact) mass is 384 g/mol. The summed E-state index contributed by atoms with van der Waals surface area (Å²) in [5.74, 6) is -0.212. The van der Waals surface area contributed by atoms with Crippen LogP contribution in [0.4, 0.5) is 11.4 Å². The van der Waals surface area contributed by atoms with Crippen molar-refractivity contribution in [2.45, 2.75) is 19.4 Å². The Labute approximate surface area is 162 Å². The number of hydrogen-bond acceptors (Lipinski definition) is 5. The van der Waals surface area contributed by atoms with Gasteiger partial charge in [-0.1, -0.05) is 23.7 Å². The molecule has 0 unspecified atom stereocenters. The Morgan fingerprint density at radius 2 is 1.96 bits per heavy atom. The minimum atomic E-state index is -0.818. The van der Waals surface area contributed by atoms with Gasteiger partial charge >= 0.3 is 0 Å². The van der Waals surface area contributed by atoms with E-state index in [4.69, 9.17) is 11.6 Å². The van der Waals surface area contributed by atoms with Crippen LogP contribution in [0.1, 0.15) is 29.8 Å². The number of benzene rings is 1. The highest BCUT2D eigenvalue weighted by atomic mass is 35.5. The van der Waals surface area contributed by atoms with Crippen molar-refractivity contribution in [1.82, 2.24) is 9.97 Å². The van der Waals surface area contributed by atoms with E-state index in [-0.39, 0.29) is 5.78 Å². The predicted octanol–water partition coefficient (Wildman–Crippen LogP) is 3.90. The fourth-order valence-corrected chi connectivity index (χ4v) is 3.09. The molecule has 0 saturated heterocycles. The zero-order chi connectivity index (χ0) is 19.8. The second kappa shape index (κ2) is 7.04. The molecular weight excluding hydrogens is 364 g/mol. The second-order valence-corrected chi connectivity index (χ2v) is 7.52. The average Bonchev–Trinajstić information content (AvgIpc) is 3.06. The Hall–Kier alpha value is -2.86. The topological polar surface area (TPSA) is 78.1 Å². The fourth-order valence-electron chi connectivity index (χ4n) is 2.87. The molecule has 0 aliphatic heterocycles. The molecule has 6 nitrogen and oxygen atoms in total. The Morgan fingerprint density at radius 1 is 1.26 bits per heavy atom. The average molecular weight is 385 g/mol. The summed E-state index contributed by atoms with van der Waals surface area (Å²) < 4.78 is 0. The van der Waals surface area contributed by atoms with Crippen LogP contribution in [0.3, 0.4) is 0 Å². The summed E-state index contributed by atoms with van der Waals surface area (Å²) in [4.78, 5) is 34.0. The minimum absolute atomic E-state index is 0.212. The van der Waals surface area contributed by atoms with Gasteiger partial charge in [-0.25, -0.2) is 4.98 Å². The molecule has 0 aliphatic carbocycles. The van der Waals surface area contributed by atoms with Crippen LogP contribution in [-0.4, -0.2) is 41.7 Å². The zero-order valence-electron chi connectivity index (χ0n) is 15.6. The maximum Gasteiger partial charge on any atom is 0.196 e. The lowest BCUT2D eigenvalue weighted by Crippen LogP contribution is -2.33. The minimum Gasteiger partial charge on any atom is -0.375 e. The normalized spacial score (nSPS) is 11.4. The standard InChI is InChI=1S/C20H21ClN4O2/c1-20(2,11-26)24-17-15(25(3)4)10-23-19-16(17)13(9-22-19)18(27)12-7-5-6-8-14(12)21/h5-11H,1-4H3,(H2,22,23,24). The first-order valence-corrected chi connectivity index (χ1v) is 8.84. The lowest BCUT2D eigenvalue weighted by molar-refractivity contribution is -0.110. The van der Waals surface area contributed by atoms with E-state index in [0.717, 1.165) is 12.0 Å². The van der Waals surface area contributed by atoms with Crippen LogP contribution in [-0.2, 0) is 4.79 Å². The van der Waals surface area contributed by atoms with Gasteiger partial charge in [-0.2, -0.15) is 0 Å². The van der Waals surface area contributed by atoms with Crippen molar-refractivity contribution in [3.05, 3.63) is 52.8 Å². The van der Waals surface area contributed by atoms with Crippen LogP contribution >= 0.6 is 11.6 Å². The molecule has 2 N–H and O–H groups in total. The van der Waals surface area contributed by atoms with Gasteiger partial charge in [0.15, 0.2) is 5.78 Å². The number of nitrogens with zero attached hydrogens (tertiary/aromatic N) is 2. The number of H-pyrrole nitrogens is 1. The number of pyridine rings is 1. The zero-order valence-corrected chi connectivity index (χ0v) is 16.4. The number of aromatic amines is 1. The molecule has 0 aliphatic rings. The molecule has 0 atom stereocenters. The molecule has 2 aromatic heterocycles. The van der Waals surface area contributed by atoms with Crippen LogP contribution in [0.15, 0.2) is 36.7 Å². The molecule has 1 aromatic carbocycles. The van der Waals surface area contributed by atoms with E-state index in [1.807, 2.05) is 19.0 Å². The highest BCUT2D eigenvalue weighted by molar-refractivity contribution is 6.35. The first-order chi connectivity index (χ1) is 12.7. The molecule has 27 heavy (non-hydrogen) atoms. The van der Waals surface area contributed by atoms with E-state index >= 15 is 0 Å². The molecule has 2 heterocycles. The van der Waals surface area contributed by atoms with Crippen LogP contribution in [0.25, 0.3) is 11.0 Å². The van der Waals surface area contributed by atoms with E-state index in [1.165, 1.54) is 0 Å². The van der Waals surface area contributed by atoms with Crippen LogP contribution in [0.5, 0.6) is 0 Å². The smallest absolute Gasteiger partial charge is 0.196 e. The molecule has 7 heteroatoms. The van der Waals surface area contributed by atoms with E-state index in [2.05, 4.69) is 15.3 Å². The number of aldehydes is 1. The third kappa shape index (κ3) is 3.53. The van der Waals surface area contributed by atoms with Gasteiger partial charge in [-0.15, -0.1) is 0 Å². The molecule has 3 rings (SSSR count). The van der Waals surface area contributed by atoms with Crippen LogP contribution in [0, 0.1) is 0 Å². The maximum absolute atomic E-state index is 13.2. The predicted molar refractivity (Wildman–Crippen MR) is 109 cm³/mol. The molecule has 0 saturated carbocycles. The number of aromatic nitrogens is 2. The quantitative estimate of drug-likeness (QED) is 0.497. The SMILES string of the molecule is CN(C)c1cnc2[nH]cc(C(=O)c3ccccc3Cl)c2c1NC(C)(C)C=O. The number of rotatable bonds is 6. The molecule has 0 fully saturated rings. The second-order valence-electron chi connectivity index (χ2n) is 7.11. The Balaban J connectivity index is 2.26. The number of hydrogen-bond donors (Lipinski definition) is 2. The fraction of sp³-hybridized carbons (Fsp3) is 0.250. The molecule has 0 amide bonds. The molecule has 3 aromatic rings. The van der Waals surface area contributed by atoms with E-state index in [1.54, 1.807) is 50.5 Å². The number of fused-ring (bicyclic) bond motifs is 1. The van der Waals surface area contributed by atoms with Gasteiger partial charge in [0.25, 0.3) is 0 Å². The van der Waals surface area contributed by atoms with Crippen molar-refractivity contribution in [2.24, 2.45) is 0 Å². The molecule has 0 bridgehead atoms. The maximum atomic E-state index is 13.2. The molecule has 0 spiro atoms. The lowest BCUT2D eigenvalue weighted by Gasteiger charge is -2.26. The number of halogens is 1. The summed E-state index contributed by atoms with van der Waals surface area (Å²) in [5.41, 5.74) is 2.03. The summed E-state index contributed by atoms with van der Waals surface area (Å²) in [6.07, 6.45) is 4.16. The summed E-state index contributed by atoms with van der Waals surface area (Å²) in [6, 6.07) is 6.92. The van der Waals surface area contributed by atoms with Crippen molar-refractivity contribution in [1.29, 1.82) is 0 Å². The van der Waals surface area contributed by atoms with Gasteiger partial charge < -0.3 is 20.0 Å². The number of ketones is 1. The molecule has 0 radical (unpaired) electrons. The third-order valence-electron chi connectivity index (χ3n) is 4.27. The highest BCUT2D eigenvalue weighted by Gasteiger charge is 2.25. The third-order valence-corrected chi connectivity index (χ3v) is 4.60. The van der Waals surface area contributed by atoms with Crippen LogP contribution < -0.4 is 10.2 Å². The van der Waals surface area contributed by atoms with E-state index < -0.39 is 5.54 Å².